The third kappa shape index (κ3) is 2.87. The van der Waals surface area contributed by atoms with Gasteiger partial charge < -0.3 is 0 Å². The second-order valence-corrected chi connectivity index (χ2v) is 8.22. The first-order valence-electron chi connectivity index (χ1n) is 7.50. The van der Waals surface area contributed by atoms with E-state index in [1.54, 1.807) is 5.56 Å². The Labute approximate surface area is 135 Å². The Bertz CT molecular complexity index is 614. The lowest BCUT2D eigenvalue weighted by Crippen LogP contribution is -2.39. The summed E-state index contributed by atoms with van der Waals surface area (Å²) in [5.74, 6) is 2.39. The van der Waals surface area contributed by atoms with Crippen molar-refractivity contribution in [2.24, 2.45) is 0 Å². The van der Waals surface area contributed by atoms with E-state index in [0.717, 1.165) is 18.3 Å². The van der Waals surface area contributed by atoms with Crippen LogP contribution in [0.25, 0.3) is 0 Å². The van der Waals surface area contributed by atoms with Crippen molar-refractivity contribution in [1.82, 2.24) is 4.90 Å². The van der Waals surface area contributed by atoms with Crippen molar-refractivity contribution in [3.8, 4) is 0 Å². The molecule has 2 aromatic carbocycles. The minimum atomic E-state index is 0.614. The largest absolute Gasteiger partial charge is 0.275 e. The Hall–Kier alpha value is -0.900. The van der Waals surface area contributed by atoms with E-state index >= 15 is 0 Å². The molecule has 0 saturated carbocycles. The lowest BCUT2D eigenvalue weighted by molar-refractivity contribution is 0.225. The van der Waals surface area contributed by atoms with Crippen LogP contribution in [0.1, 0.15) is 16.7 Å². The maximum atomic E-state index is 2.71. The molecular weight excluding hydrogens is 294 g/mol. The summed E-state index contributed by atoms with van der Waals surface area (Å²) in [4.78, 5) is 2.71. The molecule has 0 N–H and O–H groups in total. The fourth-order valence-electron chi connectivity index (χ4n) is 3.18. The van der Waals surface area contributed by atoms with Crippen molar-refractivity contribution in [3.63, 3.8) is 0 Å². The Morgan fingerprint density at radius 2 is 1.76 bits per heavy atom. The van der Waals surface area contributed by atoms with Crippen molar-refractivity contribution in [2.75, 3.05) is 5.75 Å². The summed E-state index contributed by atoms with van der Waals surface area (Å²) >= 11 is 4.21. The van der Waals surface area contributed by atoms with E-state index in [-0.39, 0.29) is 0 Å². The second kappa shape index (κ2) is 6.07. The Morgan fingerprint density at radius 1 is 1.00 bits per heavy atom. The third-order valence-electron chi connectivity index (χ3n) is 4.33. The molecule has 1 nitrogen and oxygen atoms in total. The zero-order chi connectivity index (χ0) is 14.1. The normalized spacial score (nSPS) is 24.6. The molecular formula is C18H19NS2. The van der Waals surface area contributed by atoms with Gasteiger partial charge in [0.2, 0.25) is 0 Å². The number of hydrogen-bond donors (Lipinski definition) is 0. The van der Waals surface area contributed by atoms with Crippen LogP contribution >= 0.6 is 23.5 Å². The highest BCUT2D eigenvalue weighted by molar-refractivity contribution is 8.16. The molecule has 2 heterocycles. The predicted molar refractivity (Wildman–Crippen MR) is 93.5 cm³/mol. The zero-order valence-corrected chi connectivity index (χ0v) is 13.6. The van der Waals surface area contributed by atoms with Gasteiger partial charge in [0.25, 0.3) is 0 Å². The van der Waals surface area contributed by atoms with Crippen LogP contribution in [-0.2, 0) is 18.7 Å². The highest BCUT2D eigenvalue weighted by atomic mass is 32.2. The van der Waals surface area contributed by atoms with Gasteiger partial charge in [-0.25, -0.2) is 0 Å². The number of fused-ring (bicyclic) bond motifs is 2. The third-order valence-corrected chi connectivity index (χ3v) is 7.34. The summed E-state index contributed by atoms with van der Waals surface area (Å²) < 4.78 is 0.614. The molecule has 0 spiro atoms. The van der Waals surface area contributed by atoms with Crippen molar-refractivity contribution in [3.05, 3.63) is 71.3 Å². The van der Waals surface area contributed by atoms with Crippen LogP contribution in [0, 0.1) is 0 Å². The van der Waals surface area contributed by atoms with E-state index in [9.17, 15) is 0 Å². The van der Waals surface area contributed by atoms with E-state index in [1.165, 1.54) is 23.3 Å². The highest BCUT2D eigenvalue weighted by Crippen LogP contribution is 2.42. The molecule has 0 bridgehead atoms. The quantitative estimate of drug-likeness (QED) is 0.828. The molecule has 1 unspecified atom stereocenters. The van der Waals surface area contributed by atoms with Gasteiger partial charge in [0.05, 0.1) is 0 Å². The van der Waals surface area contributed by atoms with Crippen molar-refractivity contribution in [2.45, 2.75) is 29.5 Å². The average Bonchev–Trinajstić information content (AvgIpc) is 2.94. The molecule has 1 fully saturated rings. The summed E-state index contributed by atoms with van der Waals surface area (Å²) in [5, 5.41) is 0. The summed E-state index contributed by atoms with van der Waals surface area (Å²) in [6.07, 6.45) is 1.23. The van der Waals surface area contributed by atoms with Crippen LogP contribution in [0.4, 0.5) is 0 Å². The van der Waals surface area contributed by atoms with E-state index in [0.29, 0.717) is 4.71 Å². The first kappa shape index (κ1) is 13.7. The maximum Gasteiger partial charge on any atom is 0.104 e. The van der Waals surface area contributed by atoms with E-state index in [1.807, 2.05) is 0 Å². The minimum Gasteiger partial charge on any atom is -0.275 e. The minimum absolute atomic E-state index is 0.614. The second-order valence-electron chi connectivity index (χ2n) is 5.74. The van der Waals surface area contributed by atoms with Crippen LogP contribution < -0.4 is 0 Å². The Morgan fingerprint density at radius 3 is 2.62 bits per heavy atom. The number of hydrogen-bond acceptors (Lipinski definition) is 3. The van der Waals surface area contributed by atoms with E-state index < -0.39 is 0 Å². The van der Waals surface area contributed by atoms with Gasteiger partial charge in [0.15, 0.2) is 0 Å². The predicted octanol–water partition coefficient (Wildman–Crippen LogP) is 4.38. The average molecular weight is 313 g/mol. The Kier molecular flexibility index (Phi) is 3.97. The first-order valence-corrected chi connectivity index (χ1v) is 9.59. The van der Waals surface area contributed by atoms with E-state index in [2.05, 4.69) is 83.0 Å². The summed E-state index contributed by atoms with van der Waals surface area (Å²) in [5.41, 5.74) is 4.53. The maximum absolute atomic E-state index is 2.71. The number of nitrogens with zero attached hydrogens (tertiary/aromatic N) is 1. The fraction of sp³-hybridized carbons (Fsp3) is 0.333. The molecule has 0 aliphatic carbocycles. The summed E-state index contributed by atoms with van der Waals surface area (Å²) in [7, 11) is 0. The molecule has 0 aromatic heterocycles. The zero-order valence-electron chi connectivity index (χ0n) is 11.9. The summed E-state index contributed by atoms with van der Waals surface area (Å²) in [6.45, 7) is 1.13. The van der Waals surface area contributed by atoms with Crippen molar-refractivity contribution < 1.29 is 0 Å². The first-order chi connectivity index (χ1) is 10.4. The number of thioether (sulfide) groups is 2. The van der Waals surface area contributed by atoms with Crippen molar-refractivity contribution in [1.29, 1.82) is 0 Å². The molecule has 0 radical (unpaired) electrons. The van der Waals surface area contributed by atoms with Gasteiger partial charge in [-0.05, 0) is 23.1 Å². The van der Waals surface area contributed by atoms with Gasteiger partial charge in [0.1, 0.15) is 4.71 Å². The molecule has 3 heteroatoms. The summed E-state index contributed by atoms with van der Waals surface area (Å²) in [6, 6.07) is 20.5. The highest BCUT2D eigenvalue weighted by Gasteiger charge is 2.37. The topological polar surface area (TPSA) is 3.24 Å². The van der Waals surface area contributed by atoms with E-state index in [4.69, 9.17) is 0 Å². The van der Waals surface area contributed by atoms with Gasteiger partial charge >= 0.3 is 0 Å². The molecule has 2 atom stereocenters. The molecule has 21 heavy (non-hydrogen) atoms. The molecule has 108 valence electrons. The monoisotopic (exact) mass is 313 g/mol. The number of benzene rings is 2. The van der Waals surface area contributed by atoms with Crippen LogP contribution in [0.3, 0.4) is 0 Å². The van der Waals surface area contributed by atoms with Crippen LogP contribution in [0.15, 0.2) is 54.6 Å². The lowest BCUT2D eigenvalue weighted by Gasteiger charge is -2.34. The lowest BCUT2D eigenvalue weighted by atomic mass is 9.95. The standard InChI is InChI=1S/C18H19NS2/c1-2-6-14(7-3-1)12-20-18-19-11-16-9-5-4-8-15(16)10-17(19)13-21-18/h1-9,17-18H,10-13H2/t17-,18?/m0/s1. The van der Waals surface area contributed by atoms with Gasteiger partial charge in [-0.3, -0.25) is 4.90 Å². The van der Waals surface area contributed by atoms with Crippen LogP contribution in [-0.4, -0.2) is 21.4 Å². The van der Waals surface area contributed by atoms with Gasteiger partial charge in [-0.1, -0.05) is 54.6 Å². The Balaban J connectivity index is 1.45. The van der Waals surface area contributed by atoms with Gasteiger partial charge in [-0.2, -0.15) is 0 Å². The smallest absolute Gasteiger partial charge is 0.104 e. The van der Waals surface area contributed by atoms with Crippen LogP contribution in [0.2, 0.25) is 0 Å². The number of rotatable bonds is 3. The van der Waals surface area contributed by atoms with Gasteiger partial charge in [0, 0.05) is 24.1 Å². The van der Waals surface area contributed by atoms with Gasteiger partial charge in [-0.15, -0.1) is 23.5 Å². The van der Waals surface area contributed by atoms with Crippen LogP contribution in [0.5, 0.6) is 0 Å². The molecule has 2 aromatic rings. The van der Waals surface area contributed by atoms with Crippen molar-refractivity contribution >= 4 is 23.5 Å². The molecule has 2 aliphatic heterocycles. The molecule has 4 rings (SSSR count). The molecule has 0 amide bonds. The fourth-order valence-corrected chi connectivity index (χ4v) is 6.11. The molecule has 1 saturated heterocycles. The molecule has 2 aliphatic rings. The SMILES string of the molecule is c1ccc(CSC2SC[C@@H]3Cc4ccccc4CN23)cc1.